The van der Waals surface area contributed by atoms with E-state index in [9.17, 15) is 14.4 Å². The molecular formula is C22H22Cl5N3O6. The van der Waals surface area contributed by atoms with Crippen LogP contribution in [-0.2, 0) is 9.47 Å². The zero-order valence-electron chi connectivity index (χ0n) is 20.0. The Kier molecular flexibility index (Phi) is 9.58. The summed E-state index contributed by atoms with van der Waals surface area (Å²) in [6, 6.07) is 2.54. The van der Waals surface area contributed by atoms with E-state index in [2.05, 4.69) is 10.4 Å². The summed E-state index contributed by atoms with van der Waals surface area (Å²) in [5, 5.41) is -0.0892. The monoisotopic (exact) mass is 599 g/mol. The zero-order chi connectivity index (χ0) is 27.6. The quantitative estimate of drug-likeness (QED) is 0.126. The molecule has 2 aromatic rings. The number of amides is 2. The molecule has 1 aromatic carbocycles. The van der Waals surface area contributed by atoms with E-state index in [4.69, 9.17) is 72.2 Å². The first-order valence-electron chi connectivity index (χ1n) is 10.1. The molecule has 1 N–H and O–H groups in total. The van der Waals surface area contributed by atoms with Crippen LogP contribution >= 0.6 is 58.0 Å². The van der Waals surface area contributed by atoms with Gasteiger partial charge >= 0.3 is 18.2 Å². The molecule has 2 rings (SSSR count). The number of aromatic nitrogens is 1. The minimum Gasteiger partial charge on any atom is -0.443 e. The summed E-state index contributed by atoms with van der Waals surface area (Å²) in [5.41, 5.74) is 0.502. The largest absolute Gasteiger partial charge is 0.443 e. The lowest BCUT2D eigenvalue weighted by molar-refractivity contribution is 0.0424. The molecule has 0 atom stereocenters. The number of hydrogen-bond acceptors (Lipinski definition) is 7. The lowest BCUT2D eigenvalue weighted by Crippen LogP contribution is -2.50. The van der Waals surface area contributed by atoms with E-state index in [1.165, 1.54) is 12.1 Å². The standard InChI is InChI=1S/C22H22Cl5N3O6/c1-21(2,3)35-19(32)29-30(20(33)36-22(4,5)6)11-8-7-10(9-28-11)18(31)34-17-15(26)13(24)12(23)14(25)16(17)27/h7-9H,1-6H3,(H,29,32). The van der Waals surface area contributed by atoms with Crippen molar-refractivity contribution in [1.82, 2.24) is 10.4 Å². The average molecular weight is 602 g/mol. The van der Waals surface area contributed by atoms with Gasteiger partial charge in [-0.25, -0.2) is 24.8 Å². The molecule has 1 aromatic heterocycles. The number of nitrogens with zero attached hydrogens (tertiary/aromatic N) is 2. The van der Waals surface area contributed by atoms with E-state index in [1.807, 2.05) is 0 Å². The Morgan fingerprint density at radius 3 is 1.75 bits per heavy atom. The summed E-state index contributed by atoms with van der Waals surface area (Å²) in [5.74, 6) is -1.30. The molecule has 0 spiro atoms. The summed E-state index contributed by atoms with van der Waals surface area (Å²) in [6.07, 6.45) is -0.785. The normalized spacial score (nSPS) is 11.5. The van der Waals surface area contributed by atoms with Crippen LogP contribution < -0.4 is 15.2 Å². The Morgan fingerprint density at radius 1 is 0.806 bits per heavy atom. The topological polar surface area (TPSA) is 107 Å². The molecule has 1 heterocycles. The van der Waals surface area contributed by atoms with Crippen LogP contribution in [0.2, 0.25) is 25.1 Å². The predicted octanol–water partition coefficient (Wildman–Crippen LogP) is 7.75. The van der Waals surface area contributed by atoms with Gasteiger partial charge in [0.05, 0.1) is 20.6 Å². The van der Waals surface area contributed by atoms with E-state index in [-0.39, 0.29) is 42.2 Å². The molecule has 2 amide bonds. The highest BCUT2D eigenvalue weighted by Gasteiger charge is 2.29. The van der Waals surface area contributed by atoms with Crippen molar-refractivity contribution in [2.75, 3.05) is 5.01 Å². The first kappa shape index (κ1) is 30.1. The second-order valence-corrected chi connectivity index (χ2v) is 11.0. The van der Waals surface area contributed by atoms with Crippen LogP contribution in [0.1, 0.15) is 51.9 Å². The number of nitrogens with one attached hydrogen (secondary N) is 1. The maximum atomic E-state index is 12.7. The smallest absolute Gasteiger partial charge is 0.435 e. The van der Waals surface area contributed by atoms with Gasteiger partial charge in [-0.2, -0.15) is 5.01 Å². The Labute approximate surface area is 232 Å². The SMILES string of the molecule is CC(C)(C)OC(=O)NN(C(=O)OC(C)(C)C)c1ccc(C(=O)Oc2c(Cl)c(Cl)c(Cl)c(Cl)c2Cl)cn1. The number of benzene rings is 1. The molecule has 9 nitrogen and oxygen atoms in total. The number of anilines is 1. The third-order valence-electron chi connectivity index (χ3n) is 3.76. The zero-order valence-corrected chi connectivity index (χ0v) is 23.7. The van der Waals surface area contributed by atoms with Gasteiger partial charge in [-0.3, -0.25) is 0 Å². The fourth-order valence-corrected chi connectivity index (χ4v) is 3.56. The van der Waals surface area contributed by atoms with Gasteiger partial charge in [-0.1, -0.05) is 58.0 Å². The highest BCUT2D eigenvalue weighted by atomic mass is 35.5. The van der Waals surface area contributed by atoms with Gasteiger partial charge in [0.1, 0.15) is 21.2 Å². The highest BCUT2D eigenvalue weighted by molar-refractivity contribution is 6.55. The number of ether oxygens (including phenoxy) is 3. The average Bonchev–Trinajstić information content (AvgIpc) is 2.75. The first-order chi connectivity index (χ1) is 16.4. The van der Waals surface area contributed by atoms with Crippen molar-refractivity contribution in [3.8, 4) is 5.75 Å². The number of pyridine rings is 1. The molecule has 0 radical (unpaired) electrons. The number of hydrogen-bond donors (Lipinski definition) is 1. The number of carbonyl (C=O) groups excluding carboxylic acids is 3. The molecular weight excluding hydrogens is 580 g/mol. The van der Waals surface area contributed by atoms with Gasteiger partial charge in [-0.15, -0.1) is 0 Å². The third kappa shape index (κ3) is 7.91. The van der Waals surface area contributed by atoms with Gasteiger partial charge in [0.25, 0.3) is 0 Å². The number of rotatable bonds is 3. The second kappa shape index (κ2) is 11.5. The molecule has 0 aliphatic heterocycles. The van der Waals surface area contributed by atoms with Crippen molar-refractivity contribution in [3.05, 3.63) is 49.0 Å². The third-order valence-corrected chi connectivity index (χ3v) is 6.00. The van der Waals surface area contributed by atoms with Crippen molar-refractivity contribution in [1.29, 1.82) is 0 Å². The minimum absolute atomic E-state index is 0.0607. The van der Waals surface area contributed by atoms with Crippen LogP contribution in [0.4, 0.5) is 15.4 Å². The van der Waals surface area contributed by atoms with Crippen molar-refractivity contribution in [2.45, 2.75) is 52.7 Å². The molecule has 0 aliphatic rings. The molecule has 36 heavy (non-hydrogen) atoms. The summed E-state index contributed by atoms with van der Waals surface area (Å²) >= 11 is 30.1. The van der Waals surface area contributed by atoms with Crippen LogP contribution in [0.5, 0.6) is 5.75 Å². The fraction of sp³-hybridized carbons (Fsp3) is 0.364. The molecule has 0 fully saturated rings. The van der Waals surface area contributed by atoms with Crippen molar-refractivity contribution in [2.24, 2.45) is 0 Å². The molecule has 196 valence electrons. The Balaban J connectivity index is 2.32. The molecule has 0 bridgehead atoms. The second-order valence-electron chi connectivity index (χ2n) is 9.12. The molecule has 0 saturated heterocycles. The van der Waals surface area contributed by atoms with E-state index in [0.29, 0.717) is 0 Å². The summed E-state index contributed by atoms with van der Waals surface area (Å²) < 4.78 is 15.8. The van der Waals surface area contributed by atoms with Gasteiger partial charge in [0.15, 0.2) is 11.6 Å². The summed E-state index contributed by atoms with van der Waals surface area (Å²) in [4.78, 5) is 41.7. The molecule has 0 unspecified atom stereocenters. The number of hydrazine groups is 1. The highest BCUT2D eigenvalue weighted by Crippen LogP contribution is 2.48. The van der Waals surface area contributed by atoms with E-state index >= 15 is 0 Å². The first-order valence-corrected chi connectivity index (χ1v) is 12.0. The van der Waals surface area contributed by atoms with Crippen LogP contribution in [0, 0.1) is 0 Å². The maximum absolute atomic E-state index is 12.7. The lowest BCUT2D eigenvalue weighted by Gasteiger charge is -2.28. The Morgan fingerprint density at radius 2 is 1.31 bits per heavy atom. The number of carbonyl (C=O) groups is 3. The lowest BCUT2D eigenvalue weighted by atomic mass is 10.2. The predicted molar refractivity (Wildman–Crippen MR) is 139 cm³/mol. The number of esters is 1. The summed E-state index contributed by atoms with van der Waals surface area (Å²) in [6.45, 7) is 9.91. The van der Waals surface area contributed by atoms with Gasteiger partial charge in [0.2, 0.25) is 0 Å². The van der Waals surface area contributed by atoms with Crippen LogP contribution in [0.25, 0.3) is 0 Å². The van der Waals surface area contributed by atoms with Crippen molar-refractivity contribution >= 4 is 82.0 Å². The van der Waals surface area contributed by atoms with Crippen molar-refractivity contribution < 1.29 is 28.6 Å². The molecule has 0 aliphatic carbocycles. The van der Waals surface area contributed by atoms with Gasteiger partial charge in [-0.05, 0) is 53.7 Å². The molecule has 0 saturated carbocycles. The van der Waals surface area contributed by atoms with E-state index < -0.39 is 29.4 Å². The molecule has 14 heteroatoms. The maximum Gasteiger partial charge on any atom is 0.435 e. The summed E-state index contributed by atoms with van der Waals surface area (Å²) in [7, 11) is 0. The Bertz CT molecular complexity index is 1150. The van der Waals surface area contributed by atoms with E-state index in [1.54, 1.807) is 41.5 Å². The van der Waals surface area contributed by atoms with Crippen LogP contribution in [-0.4, -0.2) is 34.3 Å². The van der Waals surface area contributed by atoms with Gasteiger partial charge in [0, 0.05) is 6.20 Å². The van der Waals surface area contributed by atoms with Crippen molar-refractivity contribution in [3.63, 3.8) is 0 Å². The number of halogens is 5. The van der Waals surface area contributed by atoms with Crippen LogP contribution in [0.3, 0.4) is 0 Å². The minimum atomic E-state index is -0.944. The fourth-order valence-electron chi connectivity index (χ4n) is 2.36. The van der Waals surface area contributed by atoms with Crippen LogP contribution in [0.15, 0.2) is 18.3 Å². The van der Waals surface area contributed by atoms with E-state index in [0.717, 1.165) is 11.2 Å². The van der Waals surface area contributed by atoms with Gasteiger partial charge < -0.3 is 14.2 Å². The Hall–Kier alpha value is -2.17.